The van der Waals surface area contributed by atoms with Crippen molar-refractivity contribution in [3.05, 3.63) is 0 Å². The molecule has 140 valence electrons. The van der Waals surface area contributed by atoms with Gasteiger partial charge in [-0.2, -0.15) is 0 Å². The molecule has 1 saturated carbocycles. The first-order valence-electron chi connectivity index (χ1n) is 9.91. The number of aliphatic hydroxyl groups is 1. The van der Waals surface area contributed by atoms with Crippen LogP contribution in [0.3, 0.4) is 0 Å². The Morgan fingerprint density at radius 2 is 1.75 bits per heavy atom. The Labute approximate surface area is 147 Å². The van der Waals surface area contributed by atoms with E-state index in [0.717, 1.165) is 38.8 Å². The van der Waals surface area contributed by atoms with Crippen LogP contribution in [-0.4, -0.2) is 71.2 Å². The Bertz CT molecular complexity index is 373. The second-order valence-electron chi connectivity index (χ2n) is 8.04. The molecule has 0 aromatic rings. The molecule has 1 amide bonds. The first kappa shape index (κ1) is 19.7. The zero-order valence-corrected chi connectivity index (χ0v) is 15.8. The smallest absolute Gasteiger partial charge is 0.234 e. The number of carbonyl (C=O) groups is 1. The van der Waals surface area contributed by atoms with E-state index in [1.165, 1.54) is 19.3 Å². The summed E-state index contributed by atoms with van der Waals surface area (Å²) in [6.45, 7) is 9.46. The lowest BCUT2D eigenvalue weighted by molar-refractivity contribution is -0.124. The highest BCUT2D eigenvalue weighted by Gasteiger charge is 2.26. The third-order valence-electron chi connectivity index (χ3n) is 5.56. The zero-order chi connectivity index (χ0) is 17.5. The Kier molecular flexibility index (Phi) is 7.98. The normalized spacial score (nSPS) is 22.9. The first-order valence-corrected chi connectivity index (χ1v) is 9.91. The molecular formula is C19H37N3O2. The summed E-state index contributed by atoms with van der Waals surface area (Å²) in [6.07, 6.45) is 7.83. The van der Waals surface area contributed by atoms with Crippen molar-refractivity contribution in [1.29, 1.82) is 0 Å². The summed E-state index contributed by atoms with van der Waals surface area (Å²) in [5.74, 6) is 0.129. The van der Waals surface area contributed by atoms with Crippen LogP contribution in [0, 0.1) is 0 Å². The summed E-state index contributed by atoms with van der Waals surface area (Å²) < 4.78 is 0. The molecule has 0 spiro atoms. The molecule has 1 saturated heterocycles. The SMILES string of the molecule is CC(O)CN(CC(=O)NC1CCN(C(C)C)CC1)C1CCCCC1. The molecule has 1 heterocycles. The molecule has 24 heavy (non-hydrogen) atoms. The standard InChI is InChI=1S/C19H37N3O2/c1-15(2)21-11-9-17(10-12-21)20-19(24)14-22(13-16(3)23)18-7-5-4-6-8-18/h15-18,23H,4-14H2,1-3H3,(H,20,24). The monoisotopic (exact) mass is 339 g/mol. The van der Waals surface area contributed by atoms with Gasteiger partial charge in [0.15, 0.2) is 0 Å². The van der Waals surface area contributed by atoms with E-state index >= 15 is 0 Å². The van der Waals surface area contributed by atoms with E-state index in [2.05, 4.69) is 29.0 Å². The number of rotatable bonds is 7. The minimum atomic E-state index is -0.381. The van der Waals surface area contributed by atoms with Crippen molar-refractivity contribution >= 4 is 5.91 Å². The number of nitrogens with one attached hydrogen (secondary N) is 1. The quantitative estimate of drug-likeness (QED) is 0.745. The van der Waals surface area contributed by atoms with Crippen LogP contribution >= 0.6 is 0 Å². The lowest BCUT2D eigenvalue weighted by atomic mass is 9.94. The molecule has 1 atom stereocenters. The van der Waals surface area contributed by atoms with Gasteiger partial charge in [0.1, 0.15) is 0 Å². The number of piperidine rings is 1. The summed E-state index contributed by atoms with van der Waals surface area (Å²) in [6, 6.07) is 1.36. The highest BCUT2D eigenvalue weighted by Crippen LogP contribution is 2.22. The summed E-state index contributed by atoms with van der Waals surface area (Å²) in [7, 11) is 0. The maximum atomic E-state index is 12.5. The van der Waals surface area contributed by atoms with Crippen molar-refractivity contribution < 1.29 is 9.90 Å². The van der Waals surface area contributed by atoms with Crippen molar-refractivity contribution in [2.24, 2.45) is 0 Å². The Morgan fingerprint density at radius 3 is 2.29 bits per heavy atom. The fourth-order valence-corrected chi connectivity index (χ4v) is 4.15. The minimum Gasteiger partial charge on any atom is -0.392 e. The largest absolute Gasteiger partial charge is 0.392 e. The average molecular weight is 340 g/mol. The van der Waals surface area contributed by atoms with Crippen LogP contribution in [0.25, 0.3) is 0 Å². The Hall–Kier alpha value is -0.650. The summed E-state index contributed by atoms with van der Waals surface area (Å²) in [5, 5.41) is 13.0. The zero-order valence-electron chi connectivity index (χ0n) is 15.8. The molecule has 0 bridgehead atoms. The van der Waals surface area contributed by atoms with Crippen LogP contribution in [0.15, 0.2) is 0 Å². The lowest BCUT2D eigenvalue weighted by Gasteiger charge is -2.37. The van der Waals surface area contributed by atoms with Crippen molar-refractivity contribution in [1.82, 2.24) is 15.1 Å². The third kappa shape index (κ3) is 6.34. The van der Waals surface area contributed by atoms with Gasteiger partial charge in [0.25, 0.3) is 0 Å². The molecule has 0 radical (unpaired) electrons. The minimum absolute atomic E-state index is 0.129. The third-order valence-corrected chi connectivity index (χ3v) is 5.56. The number of likely N-dealkylation sites (tertiary alicyclic amines) is 1. The highest BCUT2D eigenvalue weighted by molar-refractivity contribution is 5.78. The van der Waals surface area contributed by atoms with Crippen LogP contribution in [0.1, 0.15) is 65.7 Å². The van der Waals surface area contributed by atoms with Crippen LogP contribution in [0.4, 0.5) is 0 Å². The Morgan fingerprint density at radius 1 is 1.12 bits per heavy atom. The summed E-state index contributed by atoms with van der Waals surface area (Å²) >= 11 is 0. The van der Waals surface area contributed by atoms with Gasteiger partial charge in [0.2, 0.25) is 5.91 Å². The van der Waals surface area contributed by atoms with Crippen molar-refractivity contribution in [3.63, 3.8) is 0 Å². The van der Waals surface area contributed by atoms with E-state index in [1.54, 1.807) is 0 Å². The van der Waals surface area contributed by atoms with Gasteiger partial charge < -0.3 is 15.3 Å². The maximum Gasteiger partial charge on any atom is 0.234 e. The van der Waals surface area contributed by atoms with Gasteiger partial charge in [-0.1, -0.05) is 19.3 Å². The first-order chi connectivity index (χ1) is 11.5. The topological polar surface area (TPSA) is 55.8 Å². The molecular weight excluding hydrogens is 302 g/mol. The van der Waals surface area contributed by atoms with Crippen LogP contribution in [-0.2, 0) is 4.79 Å². The molecule has 0 aromatic heterocycles. The summed E-state index contributed by atoms with van der Waals surface area (Å²) in [4.78, 5) is 17.2. The second kappa shape index (κ2) is 9.73. The van der Waals surface area contributed by atoms with E-state index in [1.807, 2.05) is 6.92 Å². The van der Waals surface area contributed by atoms with Gasteiger partial charge in [-0.05, 0) is 46.5 Å². The fourth-order valence-electron chi connectivity index (χ4n) is 4.15. The predicted octanol–water partition coefficient (Wildman–Crippen LogP) is 1.99. The van der Waals surface area contributed by atoms with E-state index in [4.69, 9.17) is 0 Å². The lowest BCUT2D eigenvalue weighted by Crippen LogP contribution is -2.51. The van der Waals surface area contributed by atoms with Crippen LogP contribution in [0.2, 0.25) is 0 Å². The molecule has 1 aliphatic heterocycles. The van der Waals surface area contributed by atoms with Gasteiger partial charge in [-0.25, -0.2) is 0 Å². The summed E-state index contributed by atoms with van der Waals surface area (Å²) in [5.41, 5.74) is 0. The number of carbonyl (C=O) groups excluding carboxylic acids is 1. The molecule has 0 aromatic carbocycles. The average Bonchev–Trinajstić information content (AvgIpc) is 2.55. The molecule has 2 fully saturated rings. The molecule has 2 aliphatic rings. The van der Waals surface area contributed by atoms with Gasteiger partial charge in [-0.15, -0.1) is 0 Å². The number of hydrogen-bond donors (Lipinski definition) is 2. The number of amides is 1. The van der Waals surface area contributed by atoms with Crippen LogP contribution in [0.5, 0.6) is 0 Å². The highest BCUT2D eigenvalue weighted by atomic mass is 16.3. The van der Waals surface area contributed by atoms with Crippen molar-refractivity contribution in [2.45, 2.75) is 89.9 Å². The van der Waals surface area contributed by atoms with Crippen molar-refractivity contribution in [2.75, 3.05) is 26.2 Å². The van der Waals surface area contributed by atoms with Gasteiger partial charge in [-0.3, -0.25) is 9.69 Å². The second-order valence-corrected chi connectivity index (χ2v) is 8.04. The number of hydrogen-bond acceptors (Lipinski definition) is 4. The number of nitrogens with zero attached hydrogens (tertiary/aromatic N) is 2. The van der Waals surface area contributed by atoms with E-state index in [-0.39, 0.29) is 12.0 Å². The predicted molar refractivity (Wildman–Crippen MR) is 98.0 cm³/mol. The van der Waals surface area contributed by atoms with E-state index in [0.29, 0.717) is 31.2 Å². The van der Waals surface area contributed by atoms with E-state index in [9.17, 15) is 9.90 Å². The van der Waals surface area contributed by atoms with Gasteiger partial charge in [0, 0.05) is 37.8 Å². The van der Waals surface area contributed by atoms with Crippen molar-refractivity contribution in [3.8, 4) is 0 Å². The van der Waals surface area contributed by atoms with Crippen LogP contribution < -0.4 is 5.32 Å². The van der Waals surface area contributed by atoms with E-state index < -0.39 is 0 Å². The Balaban J connectivity index is 1.79. The molecule has 1 aliphatic carbocycles. The molecule has 2 rings (SSSR count). The molecule has 5 nitrogen and oxygen atoms in total. The van der Waals surface area contributed by atoms with Gasteiger partial charge >= 0.3 is 0 Å². The van der Waals surface area contributed by atoms with Gasteiger partial charge in [0.05, 0.1) is 12.6 Å². The molecule has 1 unspecified atom stereocenters. The molecule has 5 heteroatoms. The maximum absolute atomic E-state index is 12.5. The fraction of sp³-hybridized carbons (Fsp3) is 0.947. The number of aliphatic hydroxyl groups excluding tert-OH is 1. The molecule has 2 N–H and O–H groups in total.